The first-order valence-electron chi connectivity index (χ1n) is 13.5. The minimum absolute atomic E-state index is 0.00912. The molecule has 0 heterocycles. The topological polar surface area (TPSA) is 12.0 Å². The second-order valence-electron chi connectivity index (χ2n) is 10.7. The number of halogens is 7. The van der Waals surface area contributed by atoms with Crippen LogP contribution in [0, 0.1) is 25.6 Å². The fraction of sp³-hybridized carbons (Fsp3) is 0.394. The quantitative estimate of drug-likeness (QED) is 0.248. The van der Waals surface area contributed by atoms with Crippen molar-refractivity contribution in [3.63, 3.8) is 0 Å². The molecule has 3 aromatic rings. The molecule has 1 nitrogen and oxygen atoms in total. The van der Waals surface area contributed by atoms with E-state index in [1.54, 1.807) is 0 Å². The Kier molecular flexibility index (Phi) is 12.0. The largest absolute Gasteiger partial charge is 0.416 e. The fourth-order valence-electron chi connectivity index (χ4n) is 4.59. The smallest absolute Gasteiger partial charge is 0.386 e. The van der Waals surface area contributed by atoms with Gasteiger partial charge in [0.2, 0.25) is 0 Å². The summed E-state index contributed by atoms with van der Waals surface area (Å²) >= 11 is 0. The number of hydrogen-bond acceptors (Lipinski definition) is 1. The summed E-state index contributed by atoms with van der Waals surface area (Å²) < 4.78 is 94.9. The lowest BCUT2D eigenvalue weighted by atomic mass is 9.85. The molecule has 0 saturated heterocycles. The highest BCUT2D eigenvalue weighted by Crippen LogP contribution is 2.39. The fourth-order valence-corrected chi connectivity index (χ4v) is 4.59. The Morgan fingerprint density at radius 1 is 0.829 bits per heavy atom. The Morgan fingerprint density at radius 2 is 1.46 bits per heavy atom. The number of benzene rings is 3. The highest BCUT2D eigenvalue weighted by molar-refractivity contribution is 5.42. The van der Waals surface area contributed by atoms with E-state index in [2.05, 4.69) is 31.0 Å². The molecule has 2 atom stereocenters. The molecule has 2 unspecified atom stereocenters. The molecule has 0 radical (unpaired) electrons. The van der Waals surface area contributed by atoms with Crippen LogP contribution in [-0.4, -0.2) is 6.04 Å². The Balaban J connectivity index is 0.000000729. The molecule has 0 bridgehead atoms. The lowest BCUT2D eigenvalue weighted by Gasteiger charge is -2.26. The number of alkyl halides is 6. The van der Waals surface area contributed by atoms with Gasteiger partial charge in [-0.1, -0.05) is 75.4 Å². The Hall–Kier alpha value is -3.29. The van der Waals surface area contributed by atoms with Crippen molar-refractivity contribution in [3.05, 3.63) is 118 Å². The van der Waals surface area contributed by atoms with Gasteiger partial charge < -0.3 is 5.32 Å². The lowest BCUT2D eigenvalue weighted by Crippen LogP contribution is -2.29. The van der Waals surface area contributed by atoms with Crippen molar-refractivity contribution < 1.29 is 30.7 Å². The maximum absolute atomic E-state index is 14.2. The van der Waals surface area contributed by atoms with Crippen LogP contribution in [0.5, 0.6) is 0 Å². The predicted octanol–water partition coefficient (Wildman–Crippen LogP) is 10.6. The zero-order valence-electron chi connectivity index (χ0n) is 24.1. The first kappa shape index (κ1) is 33.9. The van der Waals surface area contributed by atoms with E-state index < -0.39 is 35.2 Å². The highest BCUT2D eigenvalue weighted by atomic mass is 19.4. The summed E-state index contributed by atoms with van der Waals surface area (Å²) in [5.74, 6) is -1.69. The van der Waals surface area contributed by atoms with Crippen LogP contribution in [0.15, 0.2) is 79.0 Å². The first-order valence-corrected chi connectivity index (χ1v) is 13.5. The van der Waals surface area contributed by atoms with Crippen LogP contribution in [0.3, 0.4) is 0 Å². The summed E-state index contributed by atoms with van der Waals surface area (Å²) in [6, 6.07) is 16.1. The first-order chi connectivity index (χ1) is 19.0. The third kappa shape index (κ3) is 10.9. The summed E-state index contributed by atoms with van der Waals surface area (Å²) in [4.78, 5) is 0. The van der Waals surface area contributed by atoms with Gasteiger partial charge in [-0.2, -0.15) is 26.3 Å². The molecule has 0 aliphatic heterocycles. The molecule has 224 valence electrons. The van der Waals surface area contributed by atoms with E-state index in [0.29, 0.717) is 17.7 Å². The van der Waals surface area contributed by atoms with Crippen LogP contribution in [-0.2, 0) is 12.4 Å². The van der Waals surface area contributed by atoms with Gasteiger partial charge in [0, 0.05) is 17.7 Å². The minimum atomic E-state index is -4.80. The van der Waals surface area contributed by atoms with Crippen molar-refractivity contribution in [1.82, 2.24) is 5.32 Å². The van der Waals surface area contributed by atoms with Gasteiger partial charge in [0.25, 0.3) is 0 Å². The minimum Gasteiger partial charge on any atom is -0.386 e. The summed E-state index contributed by atoms with van der Waals surface area (Å²) in [7, 11) is 0. The van der Waals surface area contributed by atoms with Crippen LogP contribution in [0.2, 0.25) is 0 Å². The second-order valence-corrected chi connectivity index (χ2v) is 10.7. The predicted molar refractivity (Wildman–Crippen MR) is 151 cm³/mol. The van der Waals surface area contributed by atoms with Crippen molar-refractivity contribution in [2.45, 2.75) is 78.2 Å². The molecule has 1 N–H and O–H groups in total. The van der Waals surface area contributed by atoms with Crippen LogP contribution in [0.25, 0.3) is 0 Å². The summed E-state index contributed by atoms with van der Waals surface area (Å²) in [6.45, 7) is 13.4. The van der Waals surface area contributed by atoms with E-state index in [1.807, 2.05) is 39.0 Å². The maximum atomic E-state index is 14.2. The van der Waals surface area contributed by atoms with E-state index in [4.69, 9.17) is 0 Å². The zero-order chi connectivity index (χ0) is 31.0. The molecule has 0 fully saturated rings. The van der Waals surface area contributed by atoms with Crippen molar-refractivity contribution in [2.75, 3.05) is 0 Å². The SMILES string of the molecule is C=C(CC(c1cc(F)cc(C(F)(F)F)c1)c1ccc(C)c(C(F)(F)F)c1)NC(CC)CC(C)C.Cc1ccccc1. The molecular formula is C33H38F7N. The van der Waals surface area contributed by atoms with Crippen molar-refractivity contribution in [2.24, 2.45) is 5.92 Å². The van der Waals surface area contributed by atoms with Gasteiger partial charge in [0.15, 0.2) is 0 Å². The van der Waals surface area contributed by atoms with Crippen LogP contribution in [0.1, 0.15) is 79.3 Å². The van der Waals surface area contributed by atoms with Gasteiger partial charge >= 0.3 is 12.4 Å². The number of hydrogen-bond donors (Lipinski definition) is 1. The van der Waals surface area contributed by atoms with Crippen molar-refractivity contribution in [3.8, 4) is 0 Å². The van der Waals surface area contributed by atoms with E-state index in [-0.39, 0.29) is 29.2 Å². The molecule has 8 heteroatoms. The Labute approximate surface area is 238 Å². The molecule has 0 saturated carbocycles. The molecule has 0 spiro atoms. The van der Waals surface area contributed by atoms with Crippen LogP contribution >= 0.6 is 0 Å². The van der Waals surface area contributed by atoms with E-state index in [9.17, 15) is 30.7 Å². The summed E-state index contributed by atoms with van der Waals surface area (Å²) in [5.41, 5.74) is -0.231. The van der Waals surface area contributed by atoms with Crippen molar-refractivity contribution in [1.29, 1.82) is 0 Å². The standard InChI is InChI=1S/C26H30F7N.C7H8/c1-6-22(9-15(2)3)34-17(5)10-23(18-8-7-16(4)24(13-18)26(31,32)33)19-11-20(25(28,29)30)14-21(27)12-19;1-7-5-3-2-4-6-7/h7-8,11-15,22-23,34H,5-6,9-10H2,1-4H3;2-6H,1H3. The second kappa shape index (κ2) is 14.6. The number of allylic oxidation sites excluding steroid dienone is 1. The molecule has 0 aliphatic rings. The number of aryl methyl sites for hydroxylation is 2. The van der Waals surface area contributed by atoms with Gasteiger partial charge in [-0.25, -0.2) is 4.39 Å². The van der Waals surface area contributed by atoms with E-state index in [1.165, 1.54) is 24.6 Å². The van der Waals surface area contributed by atoms with E-state index in [0.717, 1.165) is 31.0 Å². The zero-order valence-corrected chi connectivity index (χ0v) is 24.1. The number of nitrogens with one attached hydrogen (secondary N) is 1. The lowest BCUT2D eigenvalue weighted by molar-refractivity contribution is -0.138. The summed E-state index contributed by atoms with van der Waals surface area (Å²) in [5, 5.41) is 3.25. The third-order valence-corrected chi connectivity index (χ3v) is 6.67. The van der Waals surface area contributed by atoms with Gasteiger partial charge in [0.05, 0.1) is 11.1 Å². The third-order valence-electron chi connectivity index (χ3n) is 6.67. The van der Waals surface area contributed by atoms with Gasteiger partial charge in [-0.05, 0) is 80.0 Å². The van der Waals surface area contributed by atoms with Crippen molar-refractivity contribution >= 4 is 0 Å². The average molecular weight is 582 g/mol. The highest BCUT2D eigenvalue weighted by Gasteiger charge is 2.35. The Bertz CT molecular complexity index is 1260. The molecule has 41 heavy (non-hydrogen) atoms. The van der Waals surface area contributed by atoms with Crippen LogP contribution < -0.4 is 5.32 Å². The molecule has 3 aromatic carbocycles. The molecule has 0 amide bonds. The Morgan fingerprint density at radius 3 is 1.95 bits per heavy atom. The van der Waals surface area contributed by atoms with E-state index >= 15 is 0 Å². The number of rotatable bonds is 9. The molecular weight excluding hydrogens is 543 g/mol. The van der Waals surface area contributed by atoms with Gasteiger partial charge in [-0.15, -0.1) is 0 Å². The average Bonchev–Trinajstić information content (AvgIpc) is 2.86. The van der Waals surface area contributed by atoms with Gasteiger partial charge in [-0.3, -0.25) is 0 Å². The molecule has 3 rings (SSSR count). The molecule has 0 aromatic heterocycles. The summed E-state index contributed by atoms with van der Waals surface area (Å²) in [6.07, 6.45) is -7.84. The monoisotopic (exact) mass is 581 g/mol. The normalized spacial score (nSPS) is 13.3. The van der Waals surface area contributed by atoms with Crippen LogP contribution in [0.4, 0.5) is 30.7 Å². The maximum Gasteiger partial charge on any atom is 0.416 e. The van der Waals surface area contributed by atoms with Gasteiger partial charge in [0.1, 0.15) is 5.82 Å². The molecule has 0 aliphatic carbocycles.